The van der Waals surface area contributed by atoms with Gasteiger partial charge in [0.25, 0.3) is 0 Å². The molecule has 0 rings (SSSR count). The average molecular weight is 254 g/mol. The van der Waals surface area contributed by atoms with Gasteiger partial charge < -0.3 is 15.6 Å². The van der Waals surface area contributed by atoms with E-state index in [0.29, 0.717) is 18.9 Å². The van der Waals surface area contributed by atoms with Crippen LogP contribution < -0.4 is 5.73 Å². The van der Waals surface area contributed by atoms with Crippen molar-refractivity contribution in [2.75, 3.05) is 6.61 Å². The molecule has 0 amide bonds. The van der Waals surface area contributed by atoms with Crippen molar-refractivity contribution in [3.8, 4) is 0 Å². The Morgan fingerprint density at radius 1 is 1.44 bits per heavy atom. The topological polar surface area (TPSA) is 89.6 Å². The van der Waals surface area contributed by atoms with E-state index < -0.39 is 17.4 Å². The summed E-state index contributed by atoms with van der Waals surface area (Å²) in [7, 11) is 0. The molecule has 3 N–H and O–H groups in total. The van der Waals surface area contributed by atoms with Crippen LogP contribution in [0.3, 0.4) is 0 Å². The molecule has 0 aliphatic carbocycles. The van der Waals surface area contributed by atoms with Crippen LogP contribution in [-0.4, -0.2) is 29.2 Å². The first-order valence-electron chi connectivity index (χ1n) is 5.15. The molecule has 0 aromatic carbocycles. The zero-order valence-corrected chi connectivity index (χ0v) is 10.7. The van der Waals surface area contributed by atoms with Gasteiger partial charge in [-0.05, 0) is 19.3 Å². The van der Waals surface area contributed by atoms with E-state index in [1.165, 1.54) is 0 Å². The SMILES string of the molecule is CCC(C)CC(N)C(=O)O.CCOC(=O)Cl. The van der Waals surface area contributed by atoms with Gasteiger partial charge in [0, 0.05) is 11.6 Å². The Kier molecular flexibility index (Phi) is 11.8. The second-order valence-corrected chi connectivity index (χ2v) is 3.67. The van der Waals surface area contributed by atoms with Gasteiger partial charge in [-0.3, -0.25) is 4.79 Å². The smallest absolute Gasteiger partial charge is 0.403 e. The molecule has 0 bridgehead atoms. The number of ether oxygens (including phenoxy) is 1. The monoisotopic (exact) mass is 253 g/mol. The number of hydrogen-bond donors (Lipinski definition) is 2. The first-order valence-corrected chi connectivity index (χ1v) is 5.53. The summed E-state index contributed by atoms with van der Waals surface area (Å²) in [4.78, 5) is 19.8. The molecule has 0 heterocycles. The summed E-state index contributed by atoms with van der Waals surface area (Å²) in [5, 5.41) is 8.40. The van der Waals surface area contributed by atoms with Crippen molar-refractivity contribution in [1.82, 2.24) is 0 Å². The van der Waals surface area contributed by atoms with Crippen molar-refractivity contribution >= 4 is 23.0 Å². The van der Waals surface area contributed by atoms with E-state index in [-0.39, 0.29) is 0 Å². The Hall–Kier alpha value is -0.810. The molecule has 0 saturated heterocycles. The van der Waals surface area contributed by atoms with Crippen LogP contribution in [0.5, 0.6) is 0 Å². The minimum absolute atomic E-state index is 0.350. The predicted octanol–water partition coefficient (Wildman–Crippen LogP) is 2.22. The highest BCUT2D eigenvalue weighted by Gasteiger charge is 2.13. The molecule has 0 aromatic rings. The summed E-state index contributed by atoms with van der Waals surface area (Å²) < 4.78 is 4.17. The van der Waals surface area contributed by atoms with Crippen LogP contribution in [-0.2, 0) is 9.53 Å². The molecule has 2 unspecified atom stereocenters. The normalized spacial score (nSPS) is 13.1. The van der Waals surface area contributed by atoms with Crippen LogP contribution in [0.1, 0.15) is 33.6 Å². The molecule has 0 spiro atoms. The molecule has 2 atom stereocenters. The van der Waals surface area contributed by atoms with Gasteiger partial charge in [0.05, 0.1) is 6.61 Å². The van der Waals surface area contributed by atoms with E-state index in [4.69, 9.17) is 22.4 Å². The fraction of sp³-hybridized carbons (Fsp3) is 0.800. The molecule has 6 heteroatoms. The molecule has 0 aromatic heterocycles. The minimum atomic E-state index is -0.902. The van der Waals surface area contributed by atoms with Crippen molar-refractivity contribution in [2.45, 2.75) is 39.7 Å². The quantitative estimate of drug-likeness (QED) is 0.733. The van der Waals surface area contributed by atoms with E-state index in [9.17, 15) is 9.59 Å². The molecule has 0 fully saturated rings. The van der Waals surface area contributed by atoms with Crippen LogP contribution >= 0.6 is 11.6 Å². The summed E-state index contributed by atoms with van der Waals surface area (Å²) in [6, 6.07) is -0.685. The second kappa shape index (κ2) is 10.7. The van der Waals surface area contributed by atoms with Gasteiger partial charge in [-0.15, -0.1) is 0 Å². The van der Waals surface area contributed by atoms with Gasteiger partial charge in [-0.25, -0.2) is 4.79 Å². The number of hydrogen-bond acceptors (Lipinski definition) is 4. The number of carbonyl (C=O) groups is 2. The number of carboxylic acids is 1. The van der Waals surface area contributed by atoms with Crippen LogP contribution in [0.2, 0.25) is 0 Å². The van der Waals surface area contributed by atoms with Gasteiger partial charge in [0.15, 0.2) is 0 Å². The standard InChI is InChI=1S/C7H15NO2.C3H5ClO2/c1-3-5(2)4-6(8)7(9)10;1-2-6-3(4)5/h5-6H,3-4,8H2,1-2H3,(H,9,10);2H2,1H3. The molecular formula is C10H20ClNO4. The predicted molar refractivity (Wildman–Crippen MR) is 62.6 cm³/mol. The van der Waals surface area contributed by atoms with E-state index in [0.717, 1.165) is 6.42 Å². The fourth-order valence-corrected chi connectivity index (χ4v) is 0.924. The third-order valence-electron chi connectivity index (χ3n) is 1.93. The van der Waals surface area contributed by atoms with Crippen molar-refractivity contribution in [3.05, 3.63) is 0 Å². The third kappa shape index (κ3) is 13.2. The zero-order valence-electron chi connectivity index (χ0n) is 9.90. The fourth-order valence-electron chi connectivity index (χ4n) is 0.814. The molecule has 16 heavy (non-hydrogen) atoms. The van der Waals surface area contributed by atoms with Crippen LogP contribution in [0.25, 0.3) is 0 Å². The van der Waals surface area contributed by atoms with Crippen LogP contribution in [0.15, 0.2) is 0 Å². The number of carbonyl (C=O) groups excluding carboxylic acids is 1. The van der Waals surface area contributed by atoms with Gasteiger partial charge >= 0.3 is 11.4 Å². The summed E-state index contributed by atoms with van der Waals surface area (Å²) >= 11 is 4.72. The molecular weight excluding hydrogens is 234 g/mol. The largest absolute Gasteiger partial charge is 0.480 e. The maximum atomic E-state index is 10.2. The molecule has 96 valence electrons. The highest BCUT2D eigenvalue weighted by atomic mass is 35.5. The van der Waals surface area contributed by atoms with Gasteiger partial charge in [-0.1, -0.05) is 20.3 Å². The molecule has 0 radical (unpaired) electrons. The lowest BCUT2D eigenvalue weighted by molar-refractivity contribution is -0.138. The summed E-state index contributed by atoms with van der Waals surface area (Å²) in [5.74, 6) is -0.494. The van der Waals surface area contributed by atoms with Crippen molar-refractivity contribution in [3.63, 3.8) is 0 Å². The first kappa shape index (κ1) is 17.6. The molecule has 0 saturated carbocycles. The summed E-state index contributed by atoms with van der Waals surface area (Å²) in [6.45, 7) is 6.07. The lowest BCUT2D eigenvalue weighted by Crippen LogP contribution is -2.31. The van der Waals surface area contributed by atoms with E-state index in [2.05, 4.69) is 4.74 Å². The van der Waals surface area contributed by atoms with Crippen LogP contribution in [0, 0.1) is 5.92 Å². The minimum Gasteiger partial charge on any atom is -0.480 e. The number of halogens is 1. The van der Waals surface area contributed by atoms with E-state index in [1.54, 1.807) is 6.92 Å². The van der Waals surface area contributed by atoms with Crippen LogP contribution in [0.4, 0.5) is 4.79 Å². The van der Waals surface area contributed by atoms with Crippen molar-refractivity contribution < 1.29 is 19.4 Å². The second-order valence-electron chi connectivity index (χ2n) is 3.36. The van der Waals surface area contributed by atoms with Crippen molar-refractivity contribution in [2.24, 2.45) is 11.7 Å². The number of rotatable bonds is 5. The Bertz CT molecular complexity index is 211. The van der Waals surface area contributed by atoms with E-state index >= 15 is 0 Å². The third-order valence-corrected chi connectivity index (χ3v) is 2.04. The highest BCUT2D eigenvalue weighted by Crippen LogP contribution is 2.07. The van der Waals surface area contributed by atoms with Gasteiger partial charge in [0.2, 0.25) is 0 Å². The molecule has 5 nitrogen and oxygen atoms in total. The summed E-state index contributed by atoms with van der Waals surface area (Å²) in [6.07, 6.45) is 1.56. The van der Waals surface area contributed by atoms with E-state index in [1.807, 2.05) is 13.8 Å². The number of carboxylic acid groups (broad SMARTS) is 1. The Balaban J connectivity index is 0. The highest BCUT2D eigenvalue weighted by molar-refractivity contribution is 6.61. The van der Waals surface area contributed by atoms with Crippen molar-refractivity contribution in [1.29, 1.82) is 0 Å². The average Bonchev–Trinajstić information content (AvgIpc) is 2.18. The number of nitrogens with two attached hydrogens (primary N) is 1. The summed E-state index contributed by atoms with van der Waals surface area (Å²) in [5.41, 5.74) is 4.56. The lowest BCUT2D eigenvalue weighted by atomic mass is 10.0. The Morgan fingerprint density at radius 3 is 2.12 bits per heavy atom. The molecule has 0 aliphatic heterocycles. The zero-order chi connectivity index (χ0) is 13.1. The maximum Gasteiger partial charge on any atom is 0.403 e. The Labute approximate surface area is 101 Å². The Morgan fingerprint density at radius 2 is 1.94 bits per heavy atom. The molecule has 0 aliphatic rings. The first-order chi connectivity index (χ1) is 7.34. The number of aliphatic carboxylic acids is 1. The van der Waals surface area contributed by atoms with Gasteiger partial charge in [0.1, 0.15) is 6.04 Å². The lowest BCUT2D eigenvalue weighted by Gasteiger charge is -2.10. The maximum absolute atomic E-state index is 10.2. The van der Waals surface area contributed by atoms with Gasteiger partial charge in [-0.2, -0.15) is 0 Å².